The molecule has 0 aliphatic carbocycles. The third kappa shape index (κ3) is 2.80. The molecule has 0 aromatic heterocycles. The lowest BCUT2D eigenvalue weighted by molar-refractivity contribution is 0.193. The van der Waals surface area contributed by atoms with Crippen molar-refractivity contribution in [3.63, 3.8) is 0 Å². The molecule has 0 unspecified atom stereocenters. The van der Waals surface area contributed by atoms with Gasteiger partial charge in [-0.05, 0) is 31.8 Å². The van der Waals surface area contributed by atoms with Gasteiger partial charge in [-0.15, -0.1) is 0 Å². The molecule has 19 heavy (non-hydrogen) atoms. The van der Waals surface area contributed by atoms with Gasteiger partial charge in [-0.2, -0.15) is 8.78 Å². The molecule has 1 fully saturated rings. The van der Waals surface area contributed by atoms with Gasteiger partial charge in [0, 0.05) is 0 Å². The Morgan fingerprint density at radius 2 is 1.32 bits per heavy atom. The Labute approximate surface area is 106 Å². The molecule has 0 bridgehead atoms. The van der Waals surface area contributed by atoms with Crippen LogP contribution in [0.25, 0.3) is 0 Å². The fourth-order valence-electron chi connectivity index (χ4n) is 1.96. The number of hydrogen-bond acceptors (Lipinski definition) is 2. The van der Waals surface area contributed by atoms with Gasteiger partial charge in [0.25, 0.3) is 0 Å². The SMILES string of the molecule is Fc1c(F)c(F)c(OCC2CCNCC2)c(F)c1F. The van der Waals surface area contributed by atoms with E-state index in [4.69, 9.17) is 4.74 Å². The normalized spacial score (nSPS) is 16.7. The van der Waals surface area contributed by atoms with E-state index in [-0.39, 0.29) is 12.5 Å². The number of hydrogen-bond donors (Lipinski definition) is 1. The lowest BCUT2D eigenvalue weighted by atomic mass is 9.99. The van der Waals surface area contributed by atoms with Crippen molar-refractivity contribution in [2.24, 2.45) is 5.92 Å². The highest BCUT2D eigenvalue weighted by Crippen LogP contribution is 2.29. The summed E-state index contributed by atoms with van der Waals surface area (Å²) in [5.74, 6) is -11.2. The minimum atomic E-state index is -2.18. The molecule has 1 saturated heterocycles. The van der Waals surface area contributed by atoms with Gasteiger partial charge in [0.15, 0.2) is 5.75 Å². The molecule has 1 N–H and O–H groups in total. The van der Waals surface area contributed by atoms with Crippen LogP contribution >= 0.6 is 0 Å². The van der Waals surface area contributed by atoms with Crippen LogP contribution in [0.2, 0.25) is 0 Å². The van der Waals surface area contributed by atoms with Crippen molar-refractivity contribution < 1.29 is 26.7 Å². The molecule has 1 aliphatic rings. The van der Waals surface area contributed by atoms with Crippen LogP contribution in [0.1, 0.15) is 12.8 Å². The smallest absolute Gasteiger partial charge is 0.206 e. The fraction of sp³-hybridized carbons (Fsp3) is 0.500. The number of ether oxygens (including phenoxy) is 1. The predicted molar refractivity (Wildman–Crippen MR) is 57.3 cm³/mol. The molecule has 2 rings (SSSR count). The lowest BCUT2D eigenvalue weighted by Crippen LogP contribution is -2.30. The van der Waals surface area contributed by atoms with E-state index in [1.807, 2.05) is 0 Å². The third-order valence-corrected chi connectivity index (χ3v) is 3.09. The summed E-state index contributed by atoms with van der Waals surface area (Å²) in [4.78, 5) is 0. The quantitative estimate of drug-likeness (QED) is 0.522. The Kier molecular flexibility index (Phi) is 4.24. The van der Waals surface area contributed by atoms with E-state index in [1.54, 1.807) is 0 Å². The maximum absolute atomic E-state index is 13.3. The summed E-state index contributed by atoms with van der Waals surface area (Å²) >= 11 is 0. The van der Waals surface area contributed by atoms with E-state index in [2.05, 4.69) is 5.32 Å². The molecule has 1 aliphatic heterocycles. The zero-order valence-corrected chi connectivity index (χ0v) is 9.91. The molecule has 0 amide bonds. The molecule has 0 atom stereocenters. The van der Waals surface area contributed by atoms with Crippen LogP contribution in [0.5, 0.6) is 5.75 Å². The first-order valence-corrected chi connectivity index (χ1v) is 5.87. The second kappa shape index (κ2) is 5.73. The number of piperidine rings is 1. The molecular weight excluding hydrogens is 269 g/mol. The van der Waals surface area contributed by atoms with Crippen LogP contribution in [0.3, 0.4) is 0 Å². The molecule has 1 aromatic carbocycles. The van der Waals surface area contributed by atoms with Gasteiger partial charge in [0.2, 0.25) is 29.1 Å². The summed E-state index contributed by atoms with van der Waals surface area (Å²) in [5.41, 5.74) is 0. The van der Waals surface area contributed by atoms with Crippen molar-refractivity contribution in [2.75, 3.05) is 19.7 Å². The number of nitrogens with one attached hydrogen (secondary N) is 1. The average Bonchev–Trinajstić information content (AvgIpc) is 2.44. The summed E-state index contributed by atoms with van der Waals surface area (Å²) in [7, 11) is 0. The first kappa shape index (κ1) is 14.0. The summed E-state index contributed by atoms with van der Waals surface area (Å²) in [6.45, 7) is 1.41. The van der Waals surface area contributed by atoms with Crippen LogP contribution < -0.4 is 10.1 Å². The molecule has 1 aromatic rings. The summed E-state index contributed by atoms with van der Waals surface area (Å²) in [6, 6.07) is 0. The standard InChI is InChI=1S/C12H12F5NO/c13-7-8(14)10(16)12(11(17)9(7)15)19-5-6-1-3-18-4-2-6/h6,18H,1-5H2. The average molecular weight is 281 g/mol. The highest BCUT2D eigenvalue weighted by atomic mass is 19.2. The molecule has 2 nitrogen and oxygen atoms in total. The van der Waals surface area contributed by atoms with E-state index in [0.29, 0.717) is 0 Å². The Bertz CT molecular complexity index is 445. The predicted octanol–water partition coefficient (Wildman–Crippen LogP) is 2.76. The summed E-state index contributed by atoms with van der Waals surface area (Å²) in [6.07, 6.45) is 1.46. The van der Waals surface area contributed by atoms with Crippen molar-refractivity contribution in [3.8, 4) is 5.75 Å². The monoisotopic (exact) mass is 281 g/mol. The lowest BCUT2D eigenvalue weighted by Gasteiger charge is -2.22. The van der Waals surface area contributed by atoms with Gasteiger partial charge in [-0.1, -0.05) is 0 Å². The second-order valence-electron chi connectivity index (χ2n) is 4.40. The summed E-state index contributed by atoms with van der Waals surface area (Å²) < 4.78 is 70.0. The van der Waals surface area contributed by atoms with Crippen LogP contribution in [-0.2, 0) is 0 Å². The minimum Gasteiger partial charge on any atom is -0.487 e. The van der Waals surface area contributed by atoms with Crippen molar-refractivity contribution in [1.29, 1.82) is 0 Å². The molecule has 0 saturated carbocycles. The van der Waals surface area contributed by atoms with E-state index < -0.39 is 34.8 Å². The Morgan fingerprint density at radius 1 is 0.842 bits per heavy atom. The van der Waals surface area contributed by atoms with Gasteiger partial charge in [0.1, 0.15) is 0 Å². The van der Waals surface area contributed by atoms with Crippen molar-refractivity contribution >= 4 is 0 Å². The van der Waals surface area contributed by atoms with Gasteiger partial charge in [-0.3, -0.25) is 0 Å². The van der Waals surface area contributed by atoms with E-state index in [9.17, 15) is 22.0 Å². The van der Waals surface area contributed by atoms with Crippen LogP contribution in [0, 0.1) is 35.0 Å². The first-order chi connectivity index (χ1) is 9.02. The van der Waals surface area contributed by atoms with E-state index in [1.165, 1.54) is 0 Å². The number of halogens is 5. The third-order valence-electron chi connectivity index (χ3n) is 3.09. The maximum Gasteiger partial charge on any atom is 0.206 e. The van der Waals surface area contributed by atoms with Gasteiger partial charge in [0.05, 0.1) is 6.61 Å². The largest absolute Gasteiger partial charge is 0.487 e. The van der Waals surface area contributed by atoms with E-state index in [0.717, 1.165) is 25.9 Å². The molecule has 7 heteroatoms. The van der Waals surface area contributed by atoms with Gasteiger partial charge >= 0.3 is 0 Å². The Morgan fingerprint density at radius 3 is 1.84 bits per heavy atom. The van der Waals surface area contributed by atoms with Gasteiger partial charge < -0.3 is 10.1 Å². The molecular formula is C12H12F5NO. The number of rotatable bonds is 3. The molecule has 106 valence electrons. The molecule has 0 radical (unpaired) electrons. The van der Waals surface area contributed by atoms with Crippen molar-refractivity contribution in [2.45, 2.75) is 12.8 Å². The second-order valence-corrected chi connectivity index (χ2v) is 4.40. The highest BCUT2D eigenvalue weighted by Gasteiger charge is 2.27. The van der Waals surface area contributed by atoms with Crippen LogP contribution in [0.15, 0.2) is 0 Å². The Hall–Kier alpha value is -1.37. The minimum absolute atomic E-state index is 0.0382. The number of benzene rings is 1. The topological polar surface area (TPSA) is 21.3 Å². The highest BCUT2D eigenvalue weighted by molar-refractivity contribution is 5.29. The van der Waals surface area contributed by atoms with E-state index >= 15 is 0 Å². The van der Waals surface area contributed by atoms with Crippen molar-refractivity contribution in [3.05, 3.63) is 29.1 Å². The zero-order chi connectivity index (χ0) is 14.0. The maximum atomic E-state index is 13.3. The summed E-state index contributed by atoms with van der Waals surface area (Å²) in [5, 5.41) is 3.09. The van der Waals surface area contributed by atoms with Crippen LogP contribution in [-0.4, -0.2) is 19.7 Å². The van der Waals surface area contributed by atoms with Crippen LogP contribution in [0.4, 0.5) is 22.0 Å². The fourth-order valence-corrected chi connectivity index (χ4v) is 1.96. The van der Waals surface area contributed by atoms with Gasteiger partial charge in [-0.25, -0.2) is 13.2 Å². The Balaban J connectivity index is 2.15. The molecule has 0 spiro atoms. The molecule has 1 heterocycles. The zero-order valence-electron chi connectivity index (χ0n) is 9.91. The van der Waals surface area contributed by atoms with Crippen molar-refractivity contribution in [1.82, 2.24) is 5.32 Å². The first-order valence-electron chi connectivity index (χ1n) is 5.87.